The summed E-state index contributed by atoms with van der Waals surface area (Å²) >= 11 is 0. The summed E-state index contributed by atoms with van der Waals surface area (Å²) in [6.45, 7) is 2.07. The van der Waals surface area contributed by atoms with Crippen molar-refractivity contribution in [3.63, 3.8) is 0 Å². The zero-order valence-corrected chi connectivity index (χ0v) is 11.4. The molecule has 6 heteroatoms. The maximum atomic E-state index is 12.2. The molecule has 0 radical (unpaired) electrons. The van der Waals surface area contributed by atoms with Gasteiger partial charge in [-0.05, 0) is 31.2 Å². The highest BCUT2D eigenvalue weighted by atomic mass is 16.5. The fraction of sp³-hybridized carbons (Fsp3) is 0.357. The van der Waals surface area contributed by atoms with Gasteiger partial charge in [-0.2, -0.15) is 0 Å². The minimum atomic E-state index is -0.738. The monoisotopic (exact) mass is 276 g/mol. The molecule has 1 aliphatic heterocycles. The van der Waals surface area contributed by atoms with Gasteiger partial charge in [0.2, 0.25) is 11.8 Å². The summed E-state index contributed by atoms with van der Waals surface area (Å²) < 4.78 is 4.59. The van der Waals surface area contributed by atoms with E-state index >= 15 is 0 Å². The smallest absolute Gasteiger partial charge is 0.337 e. The van der Waals surface area contributed by atoms with E-state index in [0.29, 0.717) is 17.8 Å². The third-order valence-electron chi connectivity index (χ3n) is 3.34. The van der Waals surface area contributed by atoms with Crippen LogP contribution in [0.15, 0.2) is 24.3 Å². The van der Waals surface area contributed by atoms with Crippen molar-refractivity contribution in [3.05, 3.63) is 29.8 Å². The SMILES string of the molecule is COC(=O)c1ccc(NC(=O)C2(C)CNC(=O)C2)cc1. The highest BCUT2D eigenvalue weighted by Crippen LogP contribution is 2.27. The number of methoxy groups -OCH3 is 1. The normalized spacial score (nSPS) is 21.2. The molecule has 1 heterocycles. The van der Waals surface area contributed by atoms with Gasteiger partial charge in [-0.1, -0.05) is 0 Å². The fourth-order valence-corrected chi connectivity index (χ4v) is 2.02. The lowest BCUT2D eigenvalue weighted by Gasteiger charge is -2.20. The molecule has 20 heavy (non-hydrogen) atoms. The molecule has 0 saturated carbocycles. The standard InChI is InChI=1S/C14H16N2O4/c1-14(7-11(17)15-8-14)13(19)16-10-5-3-9(4-6-10)12(18)20-2/h3-6H,7-8H2,1-2H3,(H,15,17)(H,16,19). The maximum absolute atomic E-state index is 12.2. The lowest BCUT2D eigenvalue weighted by atomic mass is 9.88. The Kier molecular flexibility index (Phi) is 3.74. The van der Waals surface area contributed by atoms with Gasteiger partial charge in [0.05, 0.1) is 18.1 Å². The molecule has 1 aromatic rings. The van der Waals surface area contributed by atoms with E-state index in [2.05, 4.69) is 15.4 Å². The Morgan fingerprint density at radius 2 is 1.95 bits per heavy atom. The minimum Gasteiger partial charge on any atom is -0.465 e. The summed E-state index contributed by atoms with van der Waals surface area (Å²) in [5, 5.41) is 5.39. The Labute approximate surface area is 116 Å². The lowest BCUT2D eigenvalue weighted by Crippen LogP contribution is -2.35. The number of anilines is 1. The second-order valence-corrected chi connectivity index (χ2v) is 5.04. The number of amides is 2. The van der Waals surface area contributed by atoms with Gasteiger partial charge < -0.3 is 15.4 Å². The number of rotatable bonds is 3. The molecule has 1 atom stereocenters. The molecule has 1 aromatic carbocycles. The van der Waals surface area contributed by atoms with Crippen molar-refractivity contribution >= 4 is 23.5 Å². The minimum absolute atomic E-state index is 0.122. The molecular formula is C14H16N2O4. The van der Waals surface area contributed by atoms with Crippen molar-refractivity contribution in [2.24, 2.45) is 5.41 Å². The van der Waals surface area contributed by atoms with Gasteiger partial charge in [0, 0.05) is 18.7 Å². The molecule has 0 spiro atoms. The van der Waals surface area contributed by atoms with Crippen molar-refractivity contribution in [1.82, 2.24) is 5.32 Å². The third-order valence-corrected chi connectivity index (χ3v) is 3.34. The first-order valence-corrected chi connectivity index (χ1v) is 6.21. The summed E-state index contributed by atoms with van der Waals surface area (Å²) in [4.78, 5) is 34.7. The molecule has 2 rings (SSSR count). The quantitative estimate of drug-likeness (QED) is 0.805. The molecule has 0 aliphatic carbocycles. The van der Waals surface area contributed by atoms with E-state index in [4.69, 9.17) is 0 Å². The van der Waals surface area contributed by atoms with Crippen LogP contribution in [0.3, 0.4) is 0 Å². The van der Waals surface area contributed by atoms with Gasteiger partial charge in [-0.15, -0.1) is 0 Å². The van der Waals surface area contributed by atoms with Crippen molar-refractivity contribution < 1.29 is 19.1 Å². The van der Waals surface area contributed by atoms with Gasteiger partial charge in [0.15, 0.2) is 0 Å². The van der Waals surface area contributed by atoms with Gasteiger partial charge in [0.25, 0.3) is 0 Å². The fourth-order valence-electron chi connectivity index (χ4n) is 2.02. The zero-order chi connectivity index (χ0) is 14.8. The number of hydrogen-bond donors (Lipinski definition) is 2. The molecule has 6 nitrogen and oxygen atoms in total. The number of hydrogen-bond acceptors (Lipinski definition) is 4. The van der Waals surface area contributed by atoms with Gasteiger partial charge in [-0.3, -0.25) is 9.59 Å². The Bertz CT molecular complexity index is 553. The van der Waals surface area contributed by atoms with Gasteiger partial charge >= 0.3 is 5.97 Å². The number of carbonyl (C=O) groups is 3. The number of ether oxygens (including phenoxy) is 1. The molecule has 1 aliphatic rings. The Hall–Kier alpha value is -2.37. The maximum Gasteiger partial charge on any atom is 0.337 e. The molecular weight excluding hydrogens is 260 g/mol. The van der Waals surface area contributed by atoms with E-state index in [1.807, 2.05) is 0 Å². The zero-order valence-electron chi connectivity index (χ0n) is 11.4. The first-order chi connectivity index (χ1) is 9.44. The molecule has 2 amide bonds. The van der Waals surface area contributed by atoms with Crippen LogP contribution in [0.25, 0.3) is 0 Å². The topological polar surface area (TPSA) is 84.5 Å². The average molecular weight is 276 g/mol. The highest BCUT2D eigenvalue weighted by molar-refractivity contribution is 6.00. The van der Waals surface area contributed by atoms with E-state index < -0.39 is 11.4 Å². The summed E-state index contributed by atoms with van der Waals surface area (Å²) in [6, 6.07) is 6.39. The van der Waals surface area contributed by atoms with E-state index in [1.165, 1.54) is 7.11 Å². The van der Waals surface area contributed by atoms with E-state index in [9.17, 15) is 14.4 Å². The van der Waals surface area contributed by atoms with Crippen LogP contribution in [0.2, 0.25) is 0 Å². The van der Waals surface area contributed by atoms with Crippen LogP contribution in [0, 0.1) is 5.41 Å². The number of carbonyl (C=O) groups excluding carboxylic acids is 3. The lowest BCUT2D eigenvalue weighted by molar-refractivity contribution is -0.126. The molecule has 1 unspecified atom stereocenters. The molecule has 0 aromatic heterocycles. The van der Waals surface area contributed by atoms with Crippen LogP contribution >= 0.6 is 0 Å². The predicted octanol–water partition coefficient (Wildman–Crippen LogP) is 0.938. The van der Waals surface area contributed by atoms with E-state index in [-0.39, 0.29) is 18.2 Å². The van der Waals surface area contributed by atoms with Crippen LogP contribution < -0.4 is 10.6 Å². The second kappa shape index (κ2) is 5.32. The molecule has 1 saturated heterocycles. The average Bonchev–Trinajstić information content (AvgIpc) is 2.80. The van der Waals surface area contributed by atoms with Crippen LogP contribution in [0.5, 0.6) is 0 Å². The van der Waals surface area contributed by atoms with Gasteiger partial charge in [-0.25, -0.2) is 4.79 Å². The summed E-state index contributed by atoms with van der Waals surface area (Å²) in [5.41, 5.74) is 0.246. The first-order valence-electron chi connectivity index (χ1n) is 6.21. The Morgan fingerprint density at radius 3 is 2.45 bits per heavy atom. The van der Waals surface area contributed by atoms with E-state index in [0.717, 1.165) is 0 Å². The second-order valence-electron chi connectivity index (χ2n) is 5.04. The first kappa shape index (κ1) is 14.0. The Balaban J connectivity index is 2.05. The number of benzene rings is 1. The van der Waals surface area contributed by atoms with Crippen LogP contribution in [0.1, 0.15) is 23.7 Å². The van der Waals surface area contributed by atoms with Crippen molar-refractivity contribution in [3.8, 4) is 0 Å². The Morgan fingerprint density at radius 1 is 1.30 bits per heavy atom. The number of nitrogens with one attached hydrogen (secondary N) is 2. The van der Waals surface area contributed by atoms with Crippen LogP contribution in [0.4, 0.5) is 5.69 Å². The van der Waals surface area contributed by atoms with Crippen LogP contribution in [-0.4, -0.2) is 31.4 Å². The number of esters is 1. The molecule has 1 fully saturated rings. The van der Waals surface area contributed by atoms with Crippen molar-refractivity contribution in [2.45, 2.75) is 13.3 Å². The van der Waals surface area contributed by atoms with E-state index in [1.54, 1.807) is 31.2 Å². The highest BCUT2D eigenvalue weighted by Gasteiger charge is 2.40. The predicted molar refractivity (Wildman–Crippen MR) is 72.1 cm³/mol. The van der Waals surface area contributed by atoms with Crippen molar-refractivity contribution in [1.29, 1.82) is 0 Å². The van der Waals surface area contributed by atoms with Crippen molar-refractivity contribution in [2.75, 3.05) is 19.0 Å². The van der Waals surface area contributed by atoms with Crippen LogP contribution in [-0.2, 0) is 14.3 Å². The molecule has 0 bridgehead atoms. The molecule has 106 valence electrons. The summed E-state index contributed by atoms with van der Waals surface area (Å²) in [7, 11) is 1.31. The summed E-state index contributed by atoms with van der Waals surface area (Å²) in [6.07, 6.45) is 0.180. The summed E-state index contributed by atoms with van der Waals surface area (Å²) in [5.74, 6) is -0.772. The largest absolute Gasteiger partial charge is 0.465 e. The third kappa shape index (κ3) is 2.79. The molecule has 2 N–H and O–H groups in total. The van der Waals surface area contributed by atoms with Gasteiger partial charge in [0.1, 0.15) is 0 Å².